The lowest BCUT2D eigenvalue weighted by Crippen LogP contribution is -2.27. The van der Waals surface area contributed by atoms with E-state index < -0.39 is 0 Å². The number of nitrogens with two attached hydrogens (primary N) is 1. The Bertz CT molecular complexity index is 562. The SMILES string of the molecule is CNC(=O)C(C)n1ccnc1-c1cccc(N)c1. The maximum absolute atomic E-state index is 11.7. The Balaban J connectivity index is 2.42. The fraction of sp³-hybridized carbons (Fsp3) is 0.231. The molecule has 0 bridgehead atoms. The van der Waals surface area contributed by atoms with Crippen molar-refractivity contribution in [2.45, 2.75) is 13.0 Å². The van der Waals surface area contributed by atoms with Gasteiger partial charge in [-0.15, -0.1) is 0 Å². The van der Waals surface area contributed by atoms with Crippen LogP contribution in [0.5, 0.6) is 0 Å². The minimum absolute atomic E-state index is 0.0573. The molecule has 0 aliphatic carbocycles. The highest BCUT2D eigenvalue weighted by Gasteiger charge is 2.17. The largest absolute Gasteiger partial charge is 0.399 e. The number of carbonyl (C=O) groups excluding carboxylic acids is 1. The summed E-state index contributed by atoms with van der Waals surface area (Å²) in [5, 5.41) is 2.63. The number of hydrogen-bond acceptors (Lipinski definition) is 3. The van der Waals surface area contributed by atoms with Crippen LogP contribution in [0.1, 0.15) is 13.0 Å². The van der Waals surface area contributed by atoms with E-state index >= 15 is 0 Å². The summed E-state index contributed by atoms with van der Waals surface area (Å²) < 4.78 is 1.83. The predicted molar refractivity (Wildman–Crippen MR) is 70.9 cm³/mol. The summed E-state index contributed by atoms with van der Waals surface area (Å²) in [6.45, 7) is 1.83. The van der Waals surface area contributed by atoms with Crippen LogP contribution in [0.2, 0.25) is 0 Å². The third-order valence-electron chi connectivity index (χ3n) is 2.86. The van der Waals surface area contributed by atoms with Crippen molar-refractivity contribution in [3.05, 3.63) is 36.7 Å². The van der Waals surface area contributed by atoms with Gasteiger partial charge in [0.25, 0.3) is 0 Å². The van der Waals surface area contributed by atoms with E-state index in [2.05, 4.69) is 10.3 Å². The van der Waals surface area contributed by atoms with Crippen LogP contribution in [0.15, 0.2) is 36.7 Å². The lowest BCUT2D eigenvalue weighted by molar-refractivity contribution is -0.123. The number of hydrogen-bond donors (Lipinski definition) is 2. The van der Waals surface area contributed by atoms with Crippen LogP contribution in [0.3, 0.4) is 0 Å². The van der Waals surface area contributed by atoms with Gasteiger partial charge in [0.05, 0.1) is 0 Å². The molecule has 0 saturated carbocycles. The molecular formula is C13H16N4O. The minimum atomic E-state index is -0.311. The van der Waals surface area contributed by atoms with Gasteiger partial charge in [0.1, 0.15) is 11.9 Å². The van der Waals surface area contributed by atoms with Crippen LogP contribution in [-0.2, 0) is 4.79 Å². The molecule has 5 heteroatoms. The fourth-order valence-corrected chi connectivity index (χ4v) is 1.86. The summed E-state index contributed by atoms with van der Waals surface area (Å²) in [6, 6.07) is 7.14. The molecule has 18 heavy (non-hydrogen) atoms. The Kier molecular flexibility index (Phi) is 3.32. The molecule has 0 saturated heterocycles. The van der Waals surface area contributed by atoms with Gasteiger partial charge in [0.15, 0.2) is 0 Å². The molecule has 1 unspecified atom stereocenters. The number of imidazole rings is 1. The van der Waals surface area contributed by atoms with Crippen molar-refractivity contribution >= 4 is 11.6 Å². The summed E-state index contributed by atoms with van der Waals surface area (Å²) >= 11 is 0. The molecule has 0 aliphatic rings. The Labute approximate surface area is 106 Å². The van der Waals surface area contributed by atoms with Crippen molar-refractivity contribution in [2.24, 2.45) is 0 Å². The first kappa shape index (κ1) is 12.2. The van der Waals surface area contributed by atoms with E-state index in [-0.39, 0.29) is 11.9 Å². The Morgan fingerprint density at radius 3 is 2.94 bits per heavy atom. The van der Waals surface area contributed by atoms with Crippen molar-refractivity contribution in [2.75, 3.05) is 12.8 Å². The number of nitrogens with one attached hydrogen (secondary N) is 1. The summed E-state index contributed by atoms with van der Waals surface area (Å²) in [6.07, 6.45) is 3.47. The third-order valence-corrected chi connectivity index (χ3v) is 2.86. The highest BCUT2D eigenvalue weighted by Crippen LogP contribution is 2.22. The number of nitrogen functional groups attached to an aromatic ring is 1. The van der Waals surface area contributed by atoms with Crippen molar-refractivity contribution in [1.29, 1.82) is 0 Å². The molecule has 0 radical (unpaired) electrons. The Morgan fingerprint density at radius 2 is 2.28 bits per heavy atom. The highest BCUT2D eigenvalue weighted by atomic mass is 16.2. The van der Waals surface area contributed by atoms with Crippen molar-refractivity contribution in [1.82, 2.24) is 14.9 Å². The second-order valence-electron chi connectivity index (χ2n) is 4.07. The van der Waals surface area contributed by atoms with E-state index in [0.29, 0.717) is 5.69 Å². The average molecular weight is 244 g/mol. The average Bonchev–Trinajstić information content (AvgIpc) is 2.86. The van der Waals surface area contributed by atoms with Crippen LogP contribution < -0.4 is 11.1 Å². The van der Waals surface area contributed by atoms with E-state index in [1.165, 1.54) is 0 Å². The van der Waals surface area contributed by atoms with E-state index in [1.807, 2.05) is 35.8 Å². The zero-order chi connectivity index (χ0) is 13.1. The first-order valence-electron chi connectivity index (χ1n) is 5.74. The second kappa shape index (κ2) is 4.91. The molecule has 1 atom stereocenters. The summed E-state index contributed by atoms with van der Waals surface area (Å²) in [5.41, 5.74) is 7.33. The molecule has 2 aromatic rings. The number of benzene rings is 1. The van der Waals surface area contributed by atoms with Crippen molar-refractivity contribution in [3.63, 3.8) is 0 Å². The summed E-state index contributed by atoms with van der Waals surface area (Å²) in [7, 11) is 1.62. The van der Waals surface area contributed by atoms with E-state index in [1.54, 1.807) is 19.4 Å². The zero-order valence-electron chi connectivity index (χ0n) is 10.4. The maximum atomic E-state index is 11.7. The van der Waals surface area contributed by atoms with Gasteiger partial charge in [-0.1, -0.05) is 12.1 Å². The fourth-order valence-electron chi connectivity index (χ4n) is 1.86. The van der Waals surface area contributed by atoms with Crippen molar-refractivity contribution in [3.8, 4) is 11.4 Å². The smallest absolute Gasteiger partial charge is 0.242 e. The quantitative estimate of drug-likeness (QED) is 0.802. The molecule has 1 aromatic heterocycles. The topological polar surface area (TPSA) is 72.9 Å². The van der Waals surface area contributed by atoms with Gasteiger partial charge < -0.3 is 15.6 Å². The number of carbonyl (C=O) groups is 1. The van der Waals surface area contributed by atoms with Gasteiger partial charge in [0, 0.05) is 30.7 Å². The second-order valence-corrected chi connectivity index (χ2v) is 4.07. The number of amides is 1. The van der Waals surface area contributed by atoms with Gasteiger partial charge in [-0.05, 0) is 19.1 Å². The molecule has 0 spiro atoms. The van der Waals surface area contributed by atoms with E-state index in [9.17, 15) is 4.79 Å². The Hall–Kier alpha value is -2.30. The Morgan fingerprint density at radius 1 is 1.50 bits per heavy atom. The molecule has 1 aromatic carbocycles. The third kappa shape index (κ3) is 2.20. The van der Waals surface area contributed by atoms with Gasteiger partial charge in [-0.2, -0.15) is 0 Å². The van der Waals surface area contributed by atoms with Crippen LogP contribution in [0, 0.1) is 0 Å². The first-order valence-corrected chi connectivity index (χ1v) is 5.74. The molecule has 5 nitrogen and oxygen atoms in total. The molecule has 0 aliphatic heterocycles. The molecule has 0 fully saturated rings. The number of rotatable bonds is 3. The lowest BCUT2D eigenvalue weighted by atomic mass is 10.2. The van der Waals surface area contributed by atoms with Crippen LogP contribution in [0.4, 0.5) is 5.69 Å². The molecular weight excluding hydrogens is 228 g/mol. The number of aromatic nitrogens is 2. The van der Waals surface area contributed by atoms with Gasteiger partial charge >= 0.3 is 0 Å². The van der Waals surface area contributed by atoms with Crippen molar-refractivity contribution < 1.29 is 4.79 Å². The number of nitrogens with zero attached hydrogens (tertiary/aromatic N) is 2. The maximum Gasteiger partial charge on any atom is 0.242 e. The van der Waals surface area contributed by atoms with E-state index in [4.69, 9.17) is 5.73 Å². The van der Waals surface area contributed by atoms with Gasteiger partial charge in [-0.3, -0.25) is 4.79 Å². The summed E-state index contributed by atoms with van der Waals surface area (Å²) in [4.78, 5) is 16.0. The number of anilines is 1. The zero-order valence-corrected chi connectivity index (χ0v) is 10.4. The summed E-state index contributed by atoms with van der Waals surface area (Å²) in [5.74, 6) is 0.677. The van der Waals surface area contributed by atoms with Crippen LogP contribution >= 0.6 is 0 Å². The van der Waals surface area contributed by atoms with E-state index in [0.717, 1.165) is 11.4 Å². The number of likely N-dealkylation sites (N-methyl/N-ethyl adjacent to an activating group) is 1. The van der Waals surface area contributed by atoms with Crippen LogP contribution in [-0.4, -0.2) is 22.5 Å². The van der Waals surface area contributed by atoms with Gasteiger partial charge in [0.2, 0.25) is 5.91 Å². The molecule has 94 valence electrons. The van der Waals surface area contributed by atoms with Gasteiger partial charge in [-0.25, -0.2) is 4.98 Å². The first-order chi connectivity index (χ1) is 8.63. The lowest BCUT2D eigenvalue weighted by Gasteiger charge is -2.15. The van der Waals surface area contributed by atoms with Crippen LogP contribution in [0.25, 0.3) is 11.4 Å². The normalized spacial score (nSPS) is 12.1. The minimum Gasteiger partial charge on any atom is -0.399 e. The predicted octanol–water partition coefficient (Wildman–Crippen LogP) is 1.44. The molecule has 3 N–H and O–H groups in total. The standard InChI is InChI=1S/C13H16N4O/c1-9(13(18)15-2)17-7-6-16-12(17)10-4-3-5-11(14)8-10/h3-9H,14H2,1-2H3,(H,15,18). The molecule has 2 rings (SSSR count). The monoisotopic (exact) mass is 244 g/mol. The highest BCUT2D eigenvalue weighted by molar-refractivity contribution is 5.80. The molecule has 1 heterocycles. The molecule has 1 amide bonds.